The smallest absolute Gasteiger partial charge is 0.0610 e. The Morgan fingerprint density at radius 3 is 2.28 bits per heavy atom. The lowest BCUT2D eigenvalue weighted by Crippen LogP contribution is -2.44. The topological polar surface area (TPSA) is 18.5 Å². The normalized spacial score (nSPS) is 37.8. The third-order valence-corrected chi connectivity index (χ3v) is 7.28. The summed E-state index contributed by atoms with van der Waals surface area (Å²) in [7, 11) is 1.90. The van der Waals surface area contributed by atoms with Crippen LogP contribution in [0.4, 0.5) is 0 Å². The molecule has 0 saturated heterocycles. The Hall–Kier alpha value is -0.0800. The third kappa shape index (κ3) is 6.24. The molecule has 2 aliphatic rings. The number of hydrogen-bond acceptors (Lipinski definition) is 2. The minimum Gasteiger partial charge on any atom is -0.381 e. The van der Waals surface area contributed by atoms with Crippen molar-refractivity contribution in [3.63, 3.8) is 0 Å². The van der Waals surface area contributed by atoms with Gasteiger partial charge < -0.3 is 9.47 Å². The van der Waals surface area contributed by atoms with Crippen LogP contribution in [0.5, 0.6) is 0 Å². The molecule has 2 fully saturated rings. The largest absolute Gasteiger partial charge is 0.381 e. The van der Waals surface area contributed by atoms with Crippen molar-refractivity contribution in [3.05, 3.63) is 0 Å². The number of hydrogen-bond donors (Lipinski definition) is 0. The van der Waals surface area contributed by atoms with Crippen molar-refractivity contribution in [2.75, 3.05) is 13.7 Å². The molecule has 5 unspecified atom stereocenters. The maximum absolute atomic E-state index is 6.63. The standard InChI is InChI=1S/C23H44O2/c1-6-8-9-19(7-2)16-25-23-14-18(4)22(24-5)15-21(23)20-12-10-17(3)11-13-20/h17-23H,6-16H2,1-5H3. The molecule has 0 aromatic carbocycles. The Balaban J connectivity index is 1.95. The molecule has 25 heavy (non-hydrogen) atoms. The molecule has 0 N–H and O–H groups in total. The molecule has 0 bridgehead atoms. The summed E-state index contributed by atoms with van der Waals surface area (Å²) in [6, 6.07) is 0. The van der Waals surface area contributed by atoms with Crippen LogP contribution in [-0.4, -0.2) is 25.9 Å². The molecule has 0 amide bonds. The molecule has 0 heterocycles. The second-order valence-corrected chi connectivity index (χ2v) is 9.19. The van der Waals surface area contributed by atoms with Crippen molar-refractivity contribution >= 4 is 0 Å². The number of unbranched alkanes of at least 4 members (excludes halogenated alkanes) is 1. The summed E-state index contributed by atoms with van der Waals surface area (Å²) in [6.45, 7) is 10.4. The Labute approximate surface area is 157 Å². The van der Waals surface area contributed by atoms with E-state index in [1.807, 2.05) is 7.11 Å². The van der Waals surface area contributed by atoms with Gasteiger partial charge in [-0.3, -0.25) is 0 Å². The molecule has 0 aromatic heterocycles. The van der Waals surface area contributed by atoms with Gasteiger partial charge in [0.15, 0.2) is 0 Å². The lowest BCUT2D eigenvalue weighted by atomic mass is 9.67. The van der Waals surface area contributed by atoms with Crippen LogP contribution in [0.3, 0.4) is 0 Å². The fourth-order valence-electron chi connectivity index (χ4n) is 5.23. The van der Waals surface area contributed by atoms with Crippen molar-refractivity contribution < 1.29 is 9.47 Å². The van der Waals surface area contributed by atoms with E-state index in [1.165, 1.54) is 64.2 Å². The maximum atomic E-state index is 6.63. The summed E-state index contributed by atoms with van der Waals surface area (Å²) in [6.07, 6.45) is 14.2. The van der Waals surface area contributed by atoms with Crippen LogP contribution < -0.4 is 0 Å². The molecule has 0 spiro atoms. The first-order valence-electron chi connectivity index (χ1n) is 11.2. The maximum Gasteiger partial charge on any atom is 0.0610 e. The van der Waals surface area contributed by atoms with Gasteiger partial charge in [0.05, 0.1) is 12.2 Å². The number of methoxy groups -OCH3 is 1. The fraction of sp³-hybridized carbons (Fsp3) is 1.00. The second kappa shape index (κ2) is 10.9. The van der Waals surface area contributed by atoms with Crippen molar-refractivity contribution in [1.29, 1.82) is 0 Å². The van der Waals surface area contributed by atoms with Gasteiger partial charge in [-0.1, -0.05) is 59.8 Å². The lowest BCUT2D eigenvalue weighted by molar-refractivity contribution is -0.105. The molecule has 0 radical (unpaired) electrons. The van der Waals surface area contributed by atoms with Crippen LogP contribution in [0.2, 0.25) is 0 Å². The van der Waals surface area contributed by atoms with Crippen molar-refractivity contribution in [3.8, 4) is 0 Å². The molecule has 5 atom stereocenters. The minimum atomic E-state index is 0.436. The van der Waals surface area contributed by atoms with Gasteiger partial charge in [-0.15, -0.1) is 0 Å². The van der Waals surface area contributed by atoms with E-state index >= 15 is 0 Å². The Morgan fingerprint density at radius 2 is 1.68 bits per heavy atom. The van der Waals surface area contributed by atoms with Crippen LogP contribution >= 0.6 is 0 Å². The predicted molar refractivity (Wildman–Crippen MR) is 107 cm³/mol. The van der Waals surface area contributed by atoms with Gasteiger partial charge in [0, 0.05) is 13.7 Å². The van der Waals surface area contributed by atoms with Gasteiger partial charge in [-0.25, -0.2) is 0 Å². The number of rotatable bonds is 9. The first-order chi connectivity index (χ1) is 12.1. The average molecular weight is 353 g/mol. The zero-order valence-corrected chi connectivity index (χ0v) is 17.6. The first kappa shape index (κ1) is 21.2. The van der Waals surface area contributed by atoms with E-state index in [4.69, 9.17) is 9.47 Å². The molecule has 2 nitrogen and oxygen atoms in total. The molecule has 2 aliphatic carbocycles. The summed E-state index contributed by atoms with van der Waals surface area (Å²) in [5, 5.41) is 0. The molecule has 0 aliphatic heterocycles. The SMILES string of the molecule is CCCCC(CC)COC1CC(C)C(OC)CC1C1CCC(C)CC1. The lowest BCUT2D eigenvalue weighted by Gasteiger charge is -2.45. The van der Waals surface area contributed by atoms with E-state index in [0.717, 1.165) is 30.3 Å². The molecule has 2 heteroatoms. The van der Waals surface area contributed by atoms with Crippen LogP contribution in [0.25, 0.3) is 0 Å². The van der Waals surface area contributed by atoms with Gasteiger partial charge in [0.2, 0.25) is 0 Å². The highest BCUT2D eigenvalue weighted by Crippen LogP contribution is 2.43. The molecular formula is C23H44O2. The first-order valence-corrected chi connectivity index (χ1v) is 11.2. The highest BCUT2D eigenvalue weighted by molar-refractivity contribution is 4.90. The summed E-state index contributed by atoms with van der Waals surface area (Å²) < 4.78 is 12.5. The fourth-order valence-corrected chi connectivity index (χ4v) is 5.23. The van der Waals surface area contributed by atoms with E-state index in [1.54, 1.807) is 0 Å². The molecule has 148 valence electrons. The van der Waals surface area contributed by atoms with Crippen molar-refractivity contribution in [1.82, 2.24) is 0 Å². The van der Waals surface area contributed by atoms with E-state index < -0.39 is 0 Å². The van der Waals surface area contributed by atoms with E-state index in [9.17, 15) is 0 Å². The van der Waals surface area contributed by atoms with Gasteiger partial charge in [0.1, 0.15) is 0 Å². The van der Waals surface area contributed by atoms with Gasteiger partial charge in [-0.05, 0) is 61.7 Å². The van der Waals surface area contributed by atoms with Crippen LogP contribution in [0.15, 0.2) is 0 Å². The molecule has 0 aromatic rings. The average Bonchev–Trinajstić information content (AvgIpc) is 2.63. The van der Waals surface area contributed by atoms with Crippen LogP contribution in [0.1, 0.15) is 91.9 Å². The summed E-state index contributed by atoms with van der Waals surface area (Å²) >= 11 is 0. The van der Waals surface area contributed by atoms with Crippen LogP contribution in [-0.2, 0) is 9.47 Å². The van der Waals surface area contributed by atoms with E-state index in [0.29, 0.717) is 18.1 Å². The Bertz CT molecular complexity index is 348. The van der Waals surface area contributed by atoms with Crippen molar-refractivity contribution in [2.45, 2.75) is 104 Å². The zero-order chi connectivity index (χ0) is 18.2. The summed E-state index contributed by atoms with van der Waals surface area (Å²) in [5.41, 5.74) is 0. The highest BCUT2D eigenvalue weighted by atomic mass is 16.5. The van der Waals surface area contributed by atoms with Gasteiger partial charge in [0.25, 0.3) is 0 Å². The van der Waals surface area contributed by atoms with Gasteiger partial charge in [-0.2, -0.15) is 0 Å². The quantitative estimate of drug-likeness (QED) is 0.473. The Morgan fingerprint density at radius 1 is 0.960 bits per heavy atom. The van der Waals surface area contributed by atoms with Crippen LogP contribution in [0, 0.1) is 29.6 Å². The Kier molecular flexibility index (Phi) is 9.27. The summed E-state index contributed by atoms with van der Waals surface area (Å²) in [5.74, 6) is 3.89. The van der Waals surface area contributed by atoms with Gasteiger partial charge >= 0.3 is 0 Å². The minimum absolute atomic E-state index is 0.436. The zero-order valence-electron chi connectivity index (χ0n) is 17.6. The molecule has 2 saturated carbocycles. The monoisotopic (exact) mass is 352 g/mol. The number of ether oxygens (including phenoxy) is 2. The highest BCUT2D eigenvalue weighted by Gasteiger charge is 2.40. The van der Waals surface area contributed by atoms with Crippen molar-refractivity contribution in [2.24, 2.45) is 29.6 Å². The van der Waals surface area contributed by atoms with E-state index in [2.05, 4.69) is 27.7 Å². The second-order valence-electron chi connectivity index (χ2n) is 9.19. The van der Waals surface area contributed by atoms with E-state index in [-0.39, 0.29) is 0 Å². The molecular weight excluding hydrogens is 308 g/mol. The summed E-state index contributed by atoms with van der Waals surface area (Å²) in [4.78, 5) is 0. The molecule has 2 rings (SSSR count). The third-order valence-electron chi connectivity index (χ3n) is 7.28. The predicted octanol–water partition coefficient (Wildman–Crippen LogP) is 6.48.